The van der Waals surface area contributed by atoms with Gasteiger partial charge in [0.05, 0.1) is 12.2 Å². The number of hydrogen-bond acceptors (Lipinski definition) is 5. The maximum Gasteiger partial charge on any atom is 0.523 e. The number of rotatable bonds is 5. The molecular formula is C14H27F3O5SSi. The molecule has 0 radical (unpaired) electrons. The fourth-order valence-electron chi connectivity index (χ4n) is 2.28. The zero-order valence-electron chi connectivity index (χ0n) is 15.0. The van der Waals surface area contributed by atoms with Gasteiger partial charge in [-0.15, -0.1) is 0 Å². The first-order chi connectivity index (χ1) is 10.5. The van der Waals surface area contributed by atoms with Gasteiger partial charge in [-0.3, -0.25) is 4.18 Å². The van der Waals surface area contributed by atoms with E-state index in [4.69, 9.17) is 9.16 Å². The Morgan fingerprint density at radius 3 is 2.25 bits per heavy atom. The lowest BCUT2D eigenvalue weighted by molar-refractivity contribution is -0.140. The summed E-state index contributed by atoms with van der Waals surface area (Å²) in [6, 6.07) is 0. The summed E-state index contributed by atoms with van der Waals surface area (Å²) in [5.74, 6) is 0. The van der Waals surface area contributed by atoms with Gasteiger partial charge >= 0.3 is 15.6 Å². The zero-order valence-corrected chi connectivity index (χ0v) is 16.8. The number of hydrogen-bond donors (Lipinski definition) is 0. The zero-order chi connectivity index (χ0) is 19.0. The standard InChI is InChI=1S/C14H27F3O5SSi/c1-12(2,3)24(5,6)22-13(4)8-7-9-20-11(13)10-21-23(18,19)14(15,16)17/h11H,7-10H2,1-6H3/t11-,13+/m1/s1. The van der Waals surface area contributed by atoms with Gasteiger partial charge in [-0.05, 0) is 37.9 Å². The van der Waals surface area contributed by atoms with Crippen LogP contribution >= 0.6 is 0 Å². The Kier molecular flexibility index (Phi) is 6.26. The fourth-order valence-corrected chi connectivity index (χ4v) is 4.42. The third-order valence-corrected chi connectivity index (χ3v) is 10.4. The Labute approximate surface area is 143 Å². The van der Waals surface area contributed by atoms with Crippen molar-refractivity contribution < 1.29 is 34.9 Å². The van der Waals surface area contributed by atoms with E-state index < -0.39 is 42.3 Å². The second-order valence-electron chi connectivity index (χ2n) is 7.82. The van der Waals surface area contributed by atoms with E-state index in [1.165, 1.54) is 0 Å². The van der Waals surface area contributed by atoms with Crippen molar-refractivity contribution >= 4 is 18.4 Å². The minimum atomic E-state index is -5.64. The molecule has 1 aliphatic heterocycles. The van der Waals surface area contributed by atoms with E-state index in [2.05, 4.69) is 4.18 Å². The summed E-state index contributed by atoms with van der Waals surface area (Å²) in [7, 11) is -7.87. The molecule has 10 heteroatoms. The van der Waals surface area contributed by atoms with E-state index in [9.17, 15) is 21.6 Å². The molecule has 2 atom stereocenters. The molecule has 1 rings (SSSR count). The number of alkyl halides is 3. The summed E-state index contributed by atoms with van der Waals surface area (Å²) >= 11 is 0. The molecule has 0 saturated carbocycles. The molecule has 0 aromatic rings. The van der Waals surface area contributed by atoms with Crippen LogP contribution in [0.2, 0.25) is 18.1 Å². The topological polar surface area (TPSA) is 61.8 Å². The van der Waals surface area contributed by atoms with Crippen molar-refractivity contribution in [3.63, 3.8) is 0 Å². The summed E-state index contributed by atoms with van der Waals surface area (Å²) in [6.07, 6.45) is 0.380. The van der Waals surface area contributed by atoms with E-state index in [1.54, 1.807) is 6.92 Å². The van der Waals surface area contributed by atoms with Crippen LogP contribution in [0, 0.1) is 0 Å². The minimum absolute atomic E-state index is 0.100. The van der Waals surface area contributed by atoms with E-state index in [1.807, 2.05) is 33.9 Å². The molecule has 1 saturated heterocycles. The van der Waals surface area contributed by atoms with Crippen molar-refractivity contribution in [3.05, 3.63) is 0 Å². The molecule has 0 aromatic carbocycles. The van der Waals surface area contributed by atoms with E-state index in [0.29, 0.717) is 19.4 Å². The van der Waals surface area contributed by atoms with Crippen molar-refractivity contribution in [2.24, 2.45) is 0 Å². The number of ether oxygens (including phenoxy) is 1. The molecular weight excluding hydrogens is 365 g/mol. The highest BCUT2D eigenvalue weighted by molar-refractivity contribution is 7.87. The van der Waals surface area contributed by atoms with Crippen molar-refractivity contribution in [1.29, 1.82) is 0 Å². The van der Waals surface area contributed by atoms with Crippen molar-refractivity contribution in [2.75, 3.05) is 13.2 Å². The molecule has 24 heavy (non-hydrogen) atoms. The molecule has 0 aliphatic carbocycles. The van der Waals surface area contributed by atoms with Gasteiger partial charge in [0.25, 0.3) is 0 Å². The van der Waals surface area contributed by atoms with Gasteiger partial charge < -0.3 is 9.16 Å². The Bertz CT molecular complexity index is 542. The van der Waals surface area contributed by atoms with Crippen LogP contribution in [0.5, 0.6) is 0 Å². The normalized spacial score (nSPS) is 27.3. The van der Waals surface area contributed by atoms with Crippen LogP contribution in [0.1, 0.15) is 40.5 Å². The quantitative estimate of drug-likeness (QED) is 0.404. The summed E-state index contributed by atoms with van der Waals surface area (Å²) < 4.78 is 75.6. The monoisotopic (exact) mass is 392 g/mol. The lowest BCUT2D eigenvalue weighted by atomic mass is 9.92. The lowest BCUT2D eigenvalue weighted by Crippen LogP contribution is -2.57. The second kappa shape index (κ2) is 6.86. The first-order valence-corrected chi connectivity index (χ1v) is 12.1. The lowest BCUT2D eigenvalue weighted by Gasteiger charge is -2.48. The van der Waals surface area contributed by atoms with Gasteiger partial charge in [0.1, 0.15) is 6.10 Å². The smallest absolute Gasteiger partial charge is 0.409 e. The first kappa shape index (κ1) is 21.9. The Hall–Kier alpha value is -0.163. The van der Waals surface area contributed by atoms with Crippen LogP contribution in [0.25, 0.3) is 0 Å². The molecule has 1 aliphatic rings. The highest BCUT2D eigenvalue weighted by Gasteiger charge is 2.51. The van der Waals surface area contributed by atoms with Gasteiger partial charge in [0, 0.05) is 6.61 Å². The third-order valence-electron chi connectivity index (χ3n) is 4.77. The highest BCUT2D eigenvalue weighted by atomic mass is 32.2. The van der Waals surface area contributed by atoms with Gasteiger partial charge in [0.15, 0.2) is 8.32 Å². The molecule has 0 aromatic heterocycles. The van der Waals surface area contributed by atoms with E-state index in [0.717, 1.165) is 0 Å². The van der Waals surface area contributed by atoms with Crippen molar-refractivity contribution in [3.8, 4) is 0 Å². The van der Waals surface area contributed by atoms with Crippen LogP contribution < -0.4 is 0 Å². The molecule has 1 heterocycles. The van der Waals surface area contributed by atoms with Crippen LogP contribution in [-0.4, -0.2) is 47.2 Å². The predicted octanol–water partition coefficient (Wildman–Crippen LogP) is 3.81. The average molecular weight is 393 g/mol. The van der Waals surface area contributed by atoms with Crippen molar-refractivity contribution in [2.45, 2.75) is 75.9 Å². The summed E-state index contributed by atoms with van der Waals surface area (Å²) in [6.45, 7) is 11.6. The Balaban J connectivity index is 2.93. The maximum absolute atomic E-state index is 12.4. The molecule has 1 fully saturated rings. The number of halogens is 3. The van der Waals surface area contributed by atoms with Gasteiger partial charge in [-0.1, -0.05) is 20.8 Å². The van der Waals surface area contributed by atoms with Gasteiger partial charge in [0.2, 0.25) is 0 Å². The molecule has 0 N–H and O–H groups in total. The van der Waals surface area contributed by atoms with Gasteiger partial charge in [-0.2, -0.15) is 21.6 Å². The summed E-state index contributed by atoms with van der Waals surface area (Å²) in [4.78, 5) is 0. The van der Waals surface area contributed by atoms with Crippen LogP contribution in [0.3, 0.4) is 0 Å². The Morgan fingerprint density at radius 2 is 1.79 bits per heavy atom. The van der Waals surface area contributed by atoms with Crippen LogP contribution in [0.15, 0.2) is 0 Å². The summed E-state index contributed by atoms with van der Waals surface area (Å²) in [5, 5.41) is -0.100. The third kappa shape index (κ3) is 4.93. The second-order valence-corrected chi connectivity index (χ2v) is 14.2. The van der Waals surface area contributed by atoms with Gasteiger partial charge in [-0.25, -0.2) is 0 Å². The molecule has 0 amide bonds. The molecule has 5 nitrogen and oxygen atoms in total. The van der Waals surface area contributed by atoms with Crippen molar-refractivity contribution in [1.82, 2.24) is 0 Å². The molecule has 0 bridgehead atoms. The largest absolute Gasteiger partial charge is 0.523 e. The average Bonchev–Trinajstić information content (AvgIpc) is 2.34. The SMILES string of the molecule is CC(C)(C)[Si](C)(C)O[C@@]1(C)CCCO[C@@H]1COS(=O)(=O)C(F)(F)F. The Morgan fingerprint density at radius 1 is 1.25 bits per heavy atom. The first-order valence-electron chi connectivity index (χ1n) is 7.79. The van der Waals surface area contributed by atoms with Crippen LogP contribution in [-0.2, 0) is 23.5 Å². The minimum Gasteiger partial charge on any atom is -0.409 e. The molecule has 144 valence electrons. The highest BCUT2D eigenvalue weighted by Crippen LogP contribution is 2.42. The van der Waals surface area contributed by atoms with E-state index >= 15 is 0 Å². The fraction of sp³-hybridized carbons (Fsp3) is 1.00. The maximum atomic E-state index is 12.4. The predicted molar refractivity (Wildman–Crippen MR) is 86.6 cm³/mol. The summed E-state index contributed by atoms with van der Waals surface area (Å²) in [5.41, 5.74) is -6.33. The van der Waals surface area contributed by atoms with E-state index in [-0.39, 0.29) is 5.04 Å². The van der Waals surface area contributed by atoms with Crippen LogP contribution in [0.4, 0.5) is 13.2 Å². The molecule has 0 unspecified atom stereocenters. The molecule has 0 spiro atoms.